The summed E-state index contributed by atoms with van der Waals surface area (Å²) in [5, 5.41) is 4.08. The Balaban J connectivity index is 0. The molecule has 0 bridgehead atoms. The minimum atomic E-state index is 0. The third-order valence-corrected chi connectivity index (χ3v) is 0.882. The molecule has 1 saturated heterocycles. The molecule has 0 unspecified atom stereocenters. The molecule has 3 heteroatoms. The zero-order valence-corrected chi connectivity index (χ0v) is 6.53. The molecule has 1 aliphatic rings. The fourth-order valence-corrected chi connectivity index (χ4v) is 0.559. The molecule has 0 aliphatic carbocycles. The first kappa shape index (κ1) is 10.9. The summed E-state index contributed by atoms with van der Waals surface area (Å²) >= 11 is 0. The van der Waals surface area contributed by atoms with Gasteiger partial charge in [-0.05, 0) is 0 Å². The van der Waals surface area contributed by atoms with E-state index in [9.17, 15) is 0 Å². The monoisotopic (exact) mass is 129 g/mol. The summed E-state index contributed by atoms with van der Waals surface area (Å²) in [5.41, 5.74) is 0. The van der Waals surface area contributed by atoms with Crippen LogP contribution in [0.5, 0.6) is 0 Å². The Morgan fingerprint density at radius 2 is 1.43 bits per heavy atom. The minimum absolute atomic E-state index is 0. The molecule has 1 aliphatic heterocycles. The van der Waals surface area contributed by atoms with Gasteiger partial charge >= 0.3 is 23.1 Å². The van der Waals surface area contributed by atoms with Gasteiger partial charge in [0, 0.05) is 0 Å². The second-order valence-electron chi connectivity index (χ2n) is 1.38. The van der Waals surface area contributed by atoms with Crippen LogP contribution in [0.1, 0.15) is 12.8 Å². The zero-order chi connectivity index (χ0) is 3.54. The molecule has 0 saturated carbocycles. The van der Waals surface area contributed by atoms with Crippen molar-refractivity contribution in [2.45, 2.75) is 12.8 Å². The number of hydrogen-bond acceptors (Lipinski definition) is 0. The molecule has 0 N–H and O–H groups in total. The molecule has 1 fully saturated rings. The summed E-state index contributed by atoms with van der Waals surface area (Å²) < 4.78 is 0. The van der Waals surface area contributed by atoms with Gasteiger partial charge in [0.1, 0.15) is 0 Å². The van der Waals surface area contributed by atoms with Crippen molar-refractivity contribution in [3.8, 4) is 0 Å². The van der Waals surface area contributed by atoms with E-state index in [1.54, 1.807) is 0 Å². The van der Waals surface area contributed by atoms with Gasteiger partial charge in [0.15, 0.2) is 0 Å². The van der Waals surface area contributed by atoms with E-state index in [0.717, 1.165) is 13.1 Å². The van der Waals surface area contributed by atoms with Crippen LogP contribution in [0.4, 0.5) is 0 Å². The van der Waals surface area contributed by atoms with Crippen molar-refractivity contribution in [1.82, 2.24) is 0 Å². The first-order chi connectivity index (χ1) is 2.50. The van der Waals surface area contributed by atoms with Gasteiger partial charge in [-0.3, -0.25) is 0 Å². The number of halogens is 1. The van der Waals surface area contributed by atoms with E-state index in [1.807, 2.05) is 0 Å². The summed E-state index contributed by atoms with van der Waals surface area (Å²) in [6.07, 6.45) is 2.67. The summed E-state index contributed by atoms with van der Waals surface area (Å²) in [7, 11) is 0. The number of rotatable bonds is 0. The second-order valence-corrected chi connectivity index (χ2v) is 1.38. The molecule has 0 amide bonds. The summed E-state index contributed by atoms with van der Waals surface area (Å²) in [6, 6.07) is 0. The molecule has 0 aromatic heterocycles. The van der Waals surface area contributed by atoms with Gasteiger partial charge < -0.3 is 17.7 Å². The predicted octanol–water partition coefficient (Wildman–Crippen LogP) is -2.22. The van der Waals surface area contributed by atoms with E-state index >= 15 is 0 Å². The fraction of sp³-hybridized carbons (Fsp3) is 1.00. The van der Waals surface area contributed by atoms with Crippen molar-refractivity contribution in [3.63, 3.8) is 0 Å². The van der Waals surface area contributed by atoms with Crippen LogP contribution in [-0.2, 0) is 0 Å². The fourth-order valence-electron chi connectivity index (χ4n) is 0.559. The smallest absolute Gasteiger partial charge is 1.00 e. The SMILES string of the molecule is C1CC[N-]C1.[Cl-].[Mg+2]. The van der Waals surface area contributed by atoms with E-state index in [2.05, 4.69) is 5.32 Å². The van der Waals surface area contributed by atoms with Gasteiger partial charge in [-0.2, -0.15) is 0 Å². The topological polar surface area (TPSA) is 14.1 Å². The Morgan fingerprint density at radius 1 is 1.00 bits per heavy atom. The maximum absolute atomic E-state index is 4.08. The van der Waals surface area contributed by atoms with Gasteiger partial charge in [-0.15, -0.1) is 13.1 Å². The van der Waals surface area contributed by atoms with Gasteiger partial charge in [-0.25, -0.2) is 0 Å². The first-order valence-electron chi connectivity index (χ1n) is 2.13. The van der Waals surface area contributed by atoms with Crippen molar-refractivity contribution in [2.24, 2.45) is 0 Å². The number of nitrogens with zero attached hydrogens (tertiary/aromatic N) is 1. The Morgan fingerprint density at radius 3 is 1.57 bits per heavy atom. The van der Waals surface area contributed by atoms with E-state index in [1.165, 1.54) is 12.8 Å². The van der Waals surface area contributed by atoms with Crippen LogP contribution in [0.3, 0.4) is 0 Å². The molecule has 0 atom stereocenters. The van der Waals surface area contributed by atoms with Crippen LogP contribution in [0.2, 0.25) is 0 Å². The standard InChI is InChI=1S/C4H8N.ClH.Mg/c1-2-4-5-3-1;;/h1-4H2;1H;/q-1;;+2/p-1. The molecule has 38 valence electrons. The van der Waals surface area contributed by atoms with Crippen LogP contribution < -0.4 is 12.4 Å². The molecule has 0 aromatic rings. The van der Waals surface area contributed by atoms with Crippen LogP contribution in [0, 0.1) is 0 Å². The van der Waals surface area contributed by atoms with Gasteiger partial charge in [-0.1, -0.05) is 12.8 Å². The van der Waals surface area contributed by atoms with Crippen LogP contribution in [-0.4, -0.2) is 36.1 Å². The van der Waals surface area contributed by atoms with Crippen LogP contribution in [0.25, 0.3) is 5.32 Å². The van der Waals surface area contributed by atoms with E-state index in [4.69, 9.17) is 0 Å². The van der Waals surface area contributed by atoms with E-state index in [-0.39, 0.29) is 35.5 Å². The third-order valence-electron chi connectivity index (χ3n) is 0.882. The van der Waals surface area contributed by atoms with Crippen molar-refractivity contribution in [2.75, 3.05) is 13.1 Å². The Labute approximate surface area is 66.8 Å². The number of hydrogen-bond donors (Lipinski definition) is 0. The van der Waals surface area contributed by atoms with Gasteiger partial charge in [0.2, 0.25) is 0 Å². The molecule has 1 heterocycles. The average Bonchev–Trinajstić information content (AvgIpc) is 1.76. The molecule has 0 radical (unpaired) electrons. The first-order valence-corrected chi connectivity index (χ1v) is 2.13. The van der Waals surface area contributed by atoms with Crippen molar-refractivity contribution >= 4 is 23.1 Å². The minimum Gasteiger partial charge on any atom is -1.00 e. The van der Waals surface area contributed by atoms with Crippen molar-refractivity contribution < 1.29 is 12.4 Å². The Bertz CT molecular complexity index is 23.3. The molecular weight excluding hydrogens is 122 g/mol. The predicted molar refractivity (Wildman–Crippen MR) is 28.1 cm³/mol. The van der Waals surface area contributed by atoms with Gasteiger partial charge in [0.25, 0.3) is 0 Å². The average molecular weight is 130 g/mol. The molecular formula is C4H8ClMgN. The zero-order valence-electron chi connectivity index (χ0n) is 4.36. The quantitative estimate of drug-likeness (QED) is 0.329. The summed E-state index contributed by atoms with van der Waals surface area (Å²) in [5.74, 6) is 0. The maximum atomic E-state index is 4.08. The van der Waals surface area contributed by atoms with E-state index < -0.39 is 0 Å². The van der Waals surface area contributed by atoms with Gasteiger partial charge in [0.05, 0.1) is 0 Å². The van der Waals surface area contributed by atoms with Crippen LogP contribution >= 0.6 is 0 Å². The normalized spacial score (nSPS) is 17.1. The molecule has 1 nitrogen and oxygen atoms in total. The molecule has 0 spiro atoms. The largest absolute Gasteiger partial charge is 2.00 e. The van der Waals surface area contributed by atoms with Crippen molar-refractivity contribution in [1.29, 1.82) is 0 Å². The third kappa shape index (κ3) is 4.88. The molecule has 7 heavy (non-hydrogen) atoms. The second kappa shape index (κ2) is 7.02. The summed E-state index contributed by atoms with van der Waals surface area (Å²) in [4.78, 5) is 0. The Hall–Kier alpha value is 1.02. The molecule has 0 aromatic carbocycles. The molecule has 1 rings (SSSR count). The maximum Gasteiger partial charge on any atom is 2.00 e. The summed E-state index contributed by atoms with van der Waals surface area (Å²) in [6.45, 7) is 2.25. The van der Waals surface area contributed by atoms with Crippen molar-refractivity contribution in [3.05, 3.63) is 5.32 Å². The van der Waals surface area contributed by atoms with E-state index in [0.29, 0.717) is 0 Å². The van der Waals surface area contributed by atoms with Crippen LogP contribution in [0.15, 0.2) is 0 Å². The Kier molecular flexibility index (Phi) is 10.9.